The first-order chi connectivity index (χ1) is 7.80. The molecule has 98 valence electrons. The predicted octanol–water partition coefficient (Wildman–Crippen LogP) is 3.90. The molecule has 2 fully saturated rings. The van der Waals surface area contributed by atoms with Gasteiger partial charge in [0.1, 0.15) is 0 Å². The summed E-state index contributed by atoms with van der Waals surface area (Å²) < 4.78 is 12.3. The molecule has 0 aromatic rings. The summed E-state index contributed by atoms with van der Waals surface area (Å²) in [6.07, 6.45) is 3.97. The van der Waals surface area contributed by atoms with Crippen LogP contribution in [0, 0.1) is 11.8 Å². The second-order valence-corrected chi connectivity index (χ2v) is 6.87. The summed E-state index contributed by atoms with van der Waals surface area (Å²) in [5.74, 6) is 2.23. The summed E-state index contributed by atoms with van der Waals surface area (Å²) in [7, 11) is 0.0249. The number of hydrogen-bond acceptors (Lipinski definition) is 2. The van der Waals surface area contributed by atoms with Crippen molar-refractivity contribution in [3.8, 4) is 0 Å². The minimum absolute atomic E-state index is 0.0249. The molecule has 1 aliphatic carbocycles. The fourth-order valence-electron chi connectivity index (χ4n) is 2.97. The molecule has 1 saturated heterocycles. The van der Waals surface area contributed by atoms with Gasteiger partial charge in [-0.1, -0.05) is 33.1 Å². The zero-order valence-electron chi connectivity index (χ0n) is 12.2. The van der Waals surface area contributed by atoms with Crippen molar-refractivity contribution in [2.24, 2.45) is 11.8 Å². The Labute approximate surface area is 107 Å². The maximum absolute atomic E-state index is 6.15. The molecule has 0 radical (unpaired) electrons. The molecule has 1 saturated carbocycles. The molecule has 0 N–H and O–H groups in total. The number of unbranched alkanes of at least 4 members (excludes halogenated alkanes) is 1. The summed E-state index contributed by atoms with van der Waals surface area (Å²) in [4.78, 5) is 0. The van der Waals surface area contributed by atoms with Crippen LogP contribution < -0.4 is 0 Å². The quantitative estimate of drug-likeness (QED) is 0.691. The molecule has 0 aromatic carbocycles. The van der Waals surface area contributed by atoms with Crippen LogP contribution in [0.5, 0.6) is 0 Å². The van der Waals surface area contributed by atoms with Crippen LogP contribution in [0.15, 0.2) is 0 Å². The molecule has 2 rings (SSSR count). The minimum Gasteiger partial charge on any atom is -0.403 e. The third-order valence-electron chi connectivity index (χ3n) is 5.11. The van der Waals surface area contributed by atoms with Crippen LogP contribution in [-0.2, 0) is 9.31 Å². The molecule has 2 nitrogen and oxygen atoms in total. The van der Waals surface area contributed by atoms with Gasteiger partial charge < -0.3 is 9.31 Å². The summed E-state index contributed by atoms with van der Waals surface area (Å²) in [6.45, 7) is 13.2. The molecule has 1 heterocycles. The molecular weight excluding hydrogens is 211 g/mol. The van der Waals surface area contributed by atoms with Crippen LogP contribution in [0.4, 0.5) is 0 Å². The van der Waals surface area contributed by atoms with Crippen molar-refractivity contribution >= 4 is 7.12 Å². The Morgan fingerprint density at radius 2 is 1.59 bits per heavy atom. The summed E-state index contributed by atoms with van der Waals surface area (Å²) >= 11 is 0. The highest BCUT2D eigenvalue weighted by Crippen LogP contribution is 2.59. The van der Waals surface area contributed by atoms with Crippen LogP contribution in [0.3, 0.4) is 0 Å². The molecular formula is C14H27BO2. The molecule has 0 spiro atoms. The van der Waals surface area contributed by atoms with E-state index in [1.54, 1.807) is 0 Å². The third-order valence-corrected chi connectivity index (χ3v) is 5.11. The van der Waals surface area contributed by atoms with Gasteiger partial charge in [0.05, 0.1) is 11.2 Å². The monoisotopic (exact) mass is 238 g/mol. The van der Waals surface area contributed by atoms with Crippen molar-refractivity contribution in [2.75, 3.05) is 0 Å². The van der Waals surface area contributed by atoms with E-state index in [2.05, 4.69) is 41.5 Å². The molecule has 0 bridgehead atoms. The zero-order valence-corrected chi connectivity index (χ0v) is 12.2. The average Bonchev–Trinajstić information content (AvgIpc) is 2.77. The van der Waals surface area contributed by atoms with Crippen molar-refractivity contribution in [3.63, 3.8) is 0 Å². The molecule has 0 amide bonds. The molecule has 0 aromatic heterocycles. The van der Waals surface area contributed by atoms with Crippen molar-refractivity contribution in [3.05, 3.63) is 0 Å². The van der Waals surface area contributed by atoms with Crippen LogP contribution in [0.2, 0.25) is 5.82 Å². The van der Waals surface area contributed by atoms with Gasteiger partial charge in [-0.15, -0.1) is 0 Å². The Bertz CT molecular complexity index is 272. The van der Waals surface area contributed by atoms with E-state index in [9.17, 15) is 0 Å². The smallest absolute Gasteiger partial charge is 0.403 e. The van der Waals surface area contributed by atoms with Crippen LogP contribution in [0.25, 0.3) is 0 Å². The largest absolute Gasteiger partial charge is 0.461 e. The van der Waals surface area contributed by atoms with Crippen LogP contribution in [0.1, 0.15) is 60.8 Å². The van der Waals surface area contributed by atoms with Gasteiger partial charge >= 0.3 is 7.12 Å². The van der Waals surface area contributed by atoms with Crippen molar-refractivity contribution in [2.45, 2.75) is 77.8 Å². The van der Waals surface area contributed by atoms with Gasteiger partial charge in [0.25, 0.3) is 0 Å². The van der Waals surface area contributed by atoms with E-state index in [-0.39, 0.29) is 18.3 Å². The normalized spacial score (nSPS) is 38.5. The van der Waals surface area contributed by atoms with Gasteiger partial charge in [-0.25, -0.2) is 0 Å². The maximum Gasteiger partial charge on any atom is 0.461 e. The fraction of sp³-hybridized carbons (Fsp3) is 1.00. The number of rotatable bonds is 4. The summed E-state index contributed by atoms with van der Waals surface area (Å²) in [6, 6.07) is 0. The van der Waals surface area contributed by atoms with E-state index < -0.39 is 0 Å². The first kappa shape index (κ1) is 13.4. The highest BCUT2D eigenvalue weighted by atomic mass is 16.7. The van der Waals surface area contributed by atoms with E-state index in [0.717, 1.165) is 11.8 Å². The maximum atomic E-state index is 6.15. The zero-order chi connectivity index (χ0) is 12.8. The van der Waals surface area contributed by atoms with E-state index in [4.69, 9.17) is 9.31 Å². The Morgan fingerprint density at radius 1 is 1.06 bits per heavy atom. The van der Waals surface area contributed by atoms with Gasteiger partial charge in [-0.05, 0) is 45.3 Å². The predicted molar refractivity (Wildman–Crippen MR) is 72.0 cm³/mol. The first-order valence-corrected chi connectivity index (χ1v) is 7.16. The number of hydrogen-bond donors (Lipinski definition) is 0. The lowest BCUT2D eigenvalue weighted by atomic mass is 9.79. The van der Waals surface area contributed by atoms with Gasteiger partial charge in [0.15, 0.2) is 0 Å². The average molecular weight is 238 g/mol. The van der Waals surface area contributed by atoms with Gasteiger partial charge in [0, 0.05) is 0 Å². The standard InChI is InChI=1S/C14H27BO2/c1-7-8-9-11-10(2)12(11)15-16-13(3,4)14(5,6)17-15/h10-12H,7-9H2,1-6H3/t10-,11+,12+/m1/s1. The van der Waals surface area contributed by atoms with E-state index in [1.165, 1.54) is 19.3 Å². The molecule has 17 heavy (non-hydrogen) atoms. The molecule has 0 unspecified atom stereocenters. The molecule has 3 atom stereocenters. The SMILES string of the molecule is CCCC[C@H]1[C@@H](C)[C@@H]1B1OC(C)(C)C(C)(C)O1. The second kappa shape index (κ2) is 4.27. The lowest BCUT2D eigenvalue weighted by molar-refractivity contribution is 0.00578. The Kier molecular flexibility index (Phi) is 3.37. The van der Waals surface area contributed by atoms with Crippen LogP contribution >= 0.6 is 0 Å². The fourth-order valence-corrected chi connectivity index (χ4v) is 2.97. The first-order valence-electron chi connectivity index (χ1n) is 7.16. The molecule has 2 aliphatic rings. The van der Waals surface area contributed by atoms with Crippen molar-refractivity contribution in [1.29, 1.82) is 0 Å². The van der Waals surface area contributed by atoms with Crippen LogP contribution in [-0.4, -0.2) is 18.3 Å². The summed E-state index contributed by atoms with van der Waals surface area (Å²) in [5.41, 5.74) is -0.343. The third kappa shape index (κ3) is 2.29. The highest BCUT2D eigenvalue weighted by Gasteiger charge is 2.62. The van der Waals surface area contributed by atoms with Gasteiger partial charge in [0.2, 0.25) is 0 Å². The van der Waals surface area contributed by atoms with Crippen molar-refractivity contribution < 1.29 is 9.31 Å². The summed E-state index contributed by atoms with van der Waals surface area (Å²) in [5, 5.41) is 0. The Hall–Kier alpha value is -0.0151. The Morgan fingerprint density at radius 3 is 2.06 bits per heavy atom. The lowest BCUT2D eigenvalue weighted by Crippen LogP contribution is -2.41. The van der Waals surface area contributed by atoms with E-state index >= 15 is 0 Å². The topological polar surface area (TPSA) is 18.5 Å². The highest BCUT2D eigenvalue weighted by molar-refractivity contribution is 6.49. The van der Waals surface area contributed by atoms with E-state index in [1.807, 2.05) is 0 Å². The Balaban J connectivity index is 1.94. The van der Waals surface area contributed by atoms with Gasteiger partial charge in [-0.3, -0.25) is 0 Å². The second-order valence-electron chi connectivity index (χ2n) is 6.87. The van der Waals surface area contributed by atoms with E-state index in [0.29, 0.717) is 5.82 Å². The molecule has 3 heteroatoms. The molecule has 1 aliphatic heterocycles. The van der Waals surface area contributed by atoms with Crippen molar-refractivity contribution in [1.82, 2.24) is 0 Å². The van der Waals surface area contributed by atoms with Gasteiger partial charge in [-0.2, -0.15) is 0 Å². The lowest BCUT2D eigenvalue weighted by Gasteiger charge is -2.32. The minimum atomic E-state index is -0.171.